The molecule has 0 radical (unpaired) electrons. The number of hydrogen-bond acceptors (Lipinski definition) is 8. The number of rotatable bonds is 30. The summed E-state index contributed by atoms with van der Waals surface area (Å²) in [5.41, 5.74) is -0.677. The molecular weight excluding hydrogens is 668 g/mol. The second kappa shape index (κ2) is 22.6. The first-order chi connectivity index (χ1) is 24.3. The van der Waals surface area contributed by atoms with Crippen LogP contribution in [0.1, 0.15) is 198 Å². The lowest BCUT2D eigenvalue weighted by molar-refractivity contribution is -0.0649. The summed E-state index contributed by atoms with van der Waals surface area (Å²) in [6.45, 7) is 19.2. The number of ether oxygens (including phenoxy) is 1. The number of aliphatic hydroxyl groups excluding tert-OH is 2. The molecule has 0 aromatic heterocycles. The lowest BCUT2D eigenvalue weighted by Crippen LogP contribution is -2.38. The minimum atomic E-state index is -1.20. The molecule has 0 bridgehead atoms. The molecule has 53 heavy (non-hydrogen) atoms. The van der Waals surface area contributed by atoms with Crippen molar-refractivity contribution in [2.24, 2.45) is 0 Å². The molecule has 0 spiro atoms. The van der Waals surface area contributed by atoms with Crippen LogP contribution in [0.3, 0.4) is 0 Å². The minimum Gasteiger partial charge on any atom is -0.392 e. The molecule has 0 amide bonds. The molecule has 8 heteroatoms. The van der Waals surface area contributed by atoms with E-state index in [0.717, 1.165) is 64.2 Å². The van der Waals surface area contributed by atoms with E-state index in [0.29, 0.717) is 70.3 Å². The van der Waals surface area contributed by atoms with Crippen LogP contribution in [0.5, 0.6) is 0 Å². The van der Waals surface area contributed by atoms with Gasteiger partial charge in [0.05, 0.1) is 52.4 Å². The lowest BCUT2D eigenvalue weighted by atomic mass is 9.84. The first kappa shape index (κ1) is 49.9. The van der Waals surface area contributed by atoms with Crippen molar-refractivity contribution in [1.29, 1.82) is 0 Å². The molecule has 1 rings (SSSR count). The molecule has 1 heterocycles. The van der Waals surface area contributed by atoms with Gasteiger partial charge in [-0.3, -0.25) is 0 Å². The number of hydrogen-bond donors (Lipinski definition) is 7. The zero-order chi connectivity index (χ0) is 40.6. The van der Waals surface area contributed by atoms with Crippen molar-refractivity contribution < 1.29 is 40.5 Å². The standard InChI is InChI=1S/C45H84O8/c1-35(17-11-18-36(2)20-13-32-45(10)39(53-45)22-21-37(3)24-34-46)19-12-25-41(6,49)26-14-27-42(7,50)28-15-29-43(8,51)30-16-31-44(9,52)33-23-38(47)40(4,5)48/h17,20,24,38-39,46-52H,11-16,18-19,21-23,25-34H2,1-10H3/b35-17+,36-20+,37-24+/t38-,39-,41+,42+,43+,44-,45-/m0/s1. The van der Waals surface area contributed by atoms with Crippen LogP contribution in [0, 0.1) is 0 Å². The van der Waals surface area contributed by atoms with E-state index >= 15 is 0 Å². The normalized spacial score (nSPS) is 23.9. The summed E-state index contributed by atoms with van der Waals surface area (Å²) in [5.74, 6) is 0. The van der Waals surface area contributed by atoms with Crippen LogP contribution in [0.15, 0.2) is 34.9 Å². The monoisotopic (exact) mass is 753 g/mol. The van der Waals surface area contributed by atoms with Gasteiger partial charge in [-0.15, -0.1) is 0 Å². The van der Waals surface area contributed by atoms with E-state index in [1.54, 1.807) is 20.8 Å². The summed E-state index contributed by atoms with van der Waals surface area (Å²) < 4.78 is 6.00. The molecule has 1 aliphatic rings. The van der Waals surface area contributed by atoms with Gasteiger partial charge in [0.15, 0.2) is 0 Å². The number of allylic oxidation sites excluding steroid dienone is 5. The Bertz CT molecular complexity index is 1130. The zero-order valence-corrected chi connectivity index (χ0v) is 35.8. The second-order valence-electron chi connectivity index (χ2n) is 19.0. The maximum atomic E-state index is 11.0. The van der Waals surface area contributed by atoms with Crippen molar-refractivity contribution in [3.63, 3.8) is 0 Å². The van der Waals surface area contributed by atoms with E-state index in [-0.39, 0.29) is 12.2 Å². The molecule has 8 nitrogen and oxygen atoms in total. The van der Waals surface area contributed by atoms with E-state index in [9.17, 15) is 30.6 Å². The Kier molecular flexibility index (Phi) is 21.3. The quantitative estimate of drug-likeness (QED) is 0.0284. The molecule has 1 fully saturated rings. The van der Waals surface area contributed by atoms with Crippen molar-refractivity contribution >= 4 is 0 Å². The molecule has 1 saturated heterocycles. The number of epoxide rings is 1. The summed E-state index contributed by atoms with van der Waals surface area (Å²) >= 11 is 0. The third kappa shape index (κ3) is 23.5. The summed E-state index contributed by atoms with van der Waals surface area (Å²) in [6, 6.07) is 0. The largest absolute Gasteiger partial charge is 0.392 e. The highest BCUT2D eigenvalue weighted by Gasteiger charge is 2.50. The third-order valence-corrected chi connectivity index (χ3v) is 11.8. The average molecular weight is 753 g/mol. The molecule has 0 aromatic carbocycles. The van der Waals surface area contributed by atoms with Crippen LogP contribution >= 0.6 is 0 Å². The summed E-state index contributed by atoms with van der Waals surface area (Å²) in [4.78, 5) is 0. The van der Waals surface area contributed by atoms with Gasteiger partial charge in [0.25, 0.3) is 0 Å². The highest BCUT2D eigenvalue weighted by Crippen LogP contribution is 2.43. The van der Waals surface area contributed by atoms with Crippen LogP contribution < -0.4 is 0 Å². The topological polar surface area (TPSA) is 154 Å². The fourth-order valence-electron chi connectivity index (χ4n) is 7.45. The summed E-state index contributed by atoms with van der Waals surface area (Å²) in [7, 11) is 0. The van der Waals surface area contributed by atoms with Gasteiger partial charge in [-0.25, -0.2) is 0 Å². The zero-order valence-electron chi connectivity index (χ0n) is 35.8. The Morgan fingerprint density at radius 2 is 1.02 bits per heavy atom. The van der Waals surface area contributed by atoms with Crippen LogP contribution in [0.25, 0.3) is 0 Å². The van der Waals surface area contributed by atoms with Crippen molar-refractivity contribution in [3.05, 3.63) is 34.9 Å². The SMILES string of the molecule is C/C(=C\CC[C@]1(C)O[C@H]1CC/C(C)=C/CO)CC/C=C(\C)CCC[C@@](C)(O)CCC[C@@](C)(O)CCC[C@@](C)(O)CCC[C@](C)(O)CC[C@H](O)C(C)(C)O. The van der Waals surface area contributed by atoms with Gasteiger partial charge in [-0.2, -0.15) is 0 Å². The van der Waals surface area contributed by atoms with E-state index < -0.39 is 34.1 Å². The smallest absolute Gasteiger partial charge is 0.0923 e. The van der Waals surface area contributed by atoms with Gasteiger partial charge in [0, 0.05) is 0 Å². The molecule has 0 aromatic rings. The van der Waals surface area contributed by atoms with Gasteiger partial charge in [0.1, 0.15) is 0 Å². The van der Waals surface area contributed by atoms with Gasteiger partial charge in [-0.05, 0) is 198 Å². The Morgan fingerprint density at radius 3 is 1.49 bits per heavy atom. The third-order valence-electron chi connectivity index (χ3n) is 11.8. The van der Waals surface area contributed by atoms with Crippen LogP contribution in [-0.2, 0) is 4.74 Å². The highest BCUT2D eigenvalue weighted by atomic mass is 16.6. The van der Waals surface area contributed by atoms with E-state index in [2.05, 4.69) is 39.8 Å². The van der Waals surface area contributed by atoms with Crippen molar-refractivity contribution in [1.82, 2.24) is 0 Å². The Labute approximate surface area is 324 Å². The number of aliphatic hydroxyl groups is 7. The first-order valence-electron chi connectivity index (χ1n) is 20.9. The van der Waals surface area contributed by atoms with E-state index in [1.807, 2.05) is 26.8 Å². The Hall–Kier alpha value is -1.10. The lowest BCUT2D eigenvalue weighted by Gasteiger charge is -2.31. The van der Waals surface area contributed by atoms with Gasteiger partial charge in [0.2, 0.25) is 0 Å². The van der Waals surface area contributed by atoms with Gasteiger partial charge < -0.3 is 40.5 Å². The predicted molar refractivity (Wildman–Crippen MR) is 219 cm³/mol. The Morgan fingerprint density at radius 1 is 0.604 bits per heavy atom. The van der Waals surface area contributed by atoms with Gasteiger partial charge in [-0.1, -0.05) is 34.9 Å². The minimum absolute atomic E-state index is 0.00408. The van der Waals surface area contributed by atoms with E-state index in [4.69, 9.17) is 9.84 Å². The van der Waals surface area contributed by atoms with Crippen molar-refractivity contribution in [2.75, 3.05) is 6.61 Å². The average Bonchev–Trinajstić information content (AvgIpc) is 3.66. The predicted octanol–water partition coefficient (Wildman–Crippen LogP) is 8.91. The summed E-state index contributed by atoms with van der Waals surface area (Å²) in [6.07, 6.45) is 21.0. The van der Waals surface area contributed by atoms with Crippen molar-refractivity contribution in [3.8, 4) is 0 Å². The van der Waals surface area contributed by atoms with Gasteiger partial charge >= 0.3 is 0 Å². The fourth-order valence-corrected chi connectivity index (χ4v) is 7.45. The molecule has 312 valence electrons. The maximum Gasteiger partial charge on any atom is 0.0923 e. The van der Waals surface area contributed by atoms with Crippen LogP contribution in [0.2, 0.25) is 0 Å². The fraction of sp³-hybridized carbons (Fsp3) is 0.867. The Balaban J connectivity index is 2.26. The van der Waals surface area contributed by atoms with Crippen LogP contribution in [-0.4, -0.2) is 88.2 Å². The second-order valence-corrected chi connectivity index (χ2v) is 19.0. The molecule has 0 unspecified atom stereocenters. The molecule has 0 aliphatic carbocycles. The highest BCUT2D eigenvalue weighted by molar-refractivity contribution is 5.07. The summed E-state index contributed by atoms with van der Waals surface area (Å²) in [5, 5.41) is 72.7. The van der Waals surface area contributed by atoms with Crippen molar-refractivity contribution in [2.45, 2.75) is 243 Å². The molecular formula is C45H84O8. The first-order valence-corrected chi connectivity index (χ1v) is 20.9. The maximum absolute atomic E-state index is 11.0. The molecule has 1 aliphatic heterocycles. The molecule has 7 N–H and O–H groups in total. The molecule has 0 saturated carbocycles. The molecule has 7 atom stereocenters. The van der Waals surface area contributed by atoms with Crippen LogP contribution in [0.4, 0.5) is 0 Å². The van der Waals surface area contributed by atoms with E-state index in [1.165, 1.54) is 16.7 Å².